The van der Waals surface area contributed by atoms with Crippen LogP contribution in [0, 0.1) is 12.8 Å². The van der Waals surface area contributed by atoms with Gasteiger partial charge in [0.15, 0.2) is 0 Å². The molecule has 0 fully saturated rings. The zero-order chi connectivity index (χ0) is 24.0. The van der Waals surface area contributed by atoms with Crippen molar-refractivity contribution in [3.63, 3.8) is 0 Å². The third-order valence-corrected chi connectivity index (χ3v) is 6.76. The number of β-amino-alcohol motifs (C(OH)–C–C–N with tert-alkyl or cyclic N) is 1. The van der Waals surface area contributed by atoms with Crippen molar-refractivity contribution in [3.05, 3.63) is 70.3 Å². The molecule has 0 aromatic heterocycles. The lowest BCUT2D eigenvalue weighted by atomic mass is 9.88. The summed E-state index contributed by atoms with van der Waals surface area (Å²) in [4.78, 5) is 11.0. The van der Waals surface area contributed by atoms with Gasteiger partial charge in [0.05, 0.1) is 18.8 Å². The summed E-state index contributed by atoms with van der Waals surface area (Å²) in [5.74, 6) is -0.174. The van der Waals surface area contributed by atoms with Crippen LogP contribution in [0.15, 0.2) is 42.5 Å². The quantitative estimate of drug-likeness (QED) is 0.437. The van der Waals surface area contributed by atoms with Gasteiger partial charge >= 0.3 is 5.97 Å². The lowest BCUT2D eigenvalue weighted by molar-refractivity contribution is -0.136. The molecule has 0 amide bonds. The fourth-order valence-corrected chi connectivity index (χ4v) is 5.07. The van der Waals surface area contributed by atoms with E-state index in [1.807, 2.05) is 32.0 Å². The van der Waals surface area contributed by atoms with Gasteiger partial charge in [-0.2, -0.15) is 0 Å². The van der Waals surface area contributed by atoms with Crippen LogP contribution in [0.4, 0.5) is 0 Å². The first-order chi connectivity index (χ1) is 15.6. The SMILES string of the molecule is Cc1cccc([C@@H](C)OCC(O)CNC(C)(C)CC2Cc3ccccc3C2)c1CCC(=O)O. The summed E-state index contributed by atoms with van der Waals surface area (Å²) < 4.78 is 6.00. The summed E-state index contributed by atoms with van der Waals surface area (Å²) in [6.07, 6.45) is 3.07. The topological polar surface area (TPSA) is 78.8 Å². The smallest absolute Gasteiger partial charge is 0.303 e. The van der Waals surface area contributed by atoms with E-state index in [1.165, 1.54) is 11.1 Å². The van der Waals surface area contributed by atoms with Crippen molar-refractivity contribution in [3.8, 4) is 0 Å². The molecule has 0 radical (unpaired) electrons. The highest BCUT2D eigenvalue weighted by Crippen LogP contribution is 2.32. The molecule has 3 N–H and O–H groups in total. The second-order valence-corrected chi connectivity index (χ2v) is 10.2. The van der Waals surface area contributed by atoms with E-state index in [0.717, 1.165) is 36.0 Å². The van der Waals surface area contributed by atoms with Gasteiger partial charge in [-0.1, -0.05) is 42.5 Å². The Bertz CT molecular complexity index is 914. The number of rotatable bonds is 12. The lowest BCUT2D eigenvalue weighted by Crippen LogP contribution is -2.45. The van der Waals surface area contributed by atoms with E-state index in [9.17, 15) is 9.90 Å². The first-order valence-electron chi connectivity index (χ1n) is 12.1. The molecular formula is C28H39NO4. The number of carboxylic acids is 1. The van der Waals surface area contributed by atoms with Gasteiger partial charge in [-0.15, -0.1) is 0 Å². The van der Waals surface area contributed by atoms with Gasteiger partial charge in [0, 0.05) is 18.5 Å². The number of ether oxygens (including phenoxy) is 1. The molecule has 5 nitrogen and oxygen atoms in total. The first-order valence-corrected chi connectivity index (χ1v) is 12.1. The van der Waals surface area contributed by atoms with Gasteiger partial charge in [0.25, 0.3) is 0 Å². The fourth-order valence-electron chi connectivity index (χ4n) is 5.07. The molecule has 0 heterocycles. The summed E-state index contributed by atoms with van der Waals surface area (Å²) in [6.45, 7) is 9.06. The molecule has 2 aromatic carbocycles. The third-order valence-electron chi connectivity index (χ3n) is 6.76. The molecule has 2 aromatic rings. The van der Waals surface area contributed by atoms with Gasteiger partial charge in [-0.3, -0.25) is 4.79 Å². The van der Waals surface area contributed by atoms with Gasteiger partial charge in [-0.25, -0.2) is 0 Å². The Hall–Kier alpha value is -2.21. The summed E-state index contributed by atoms with van der Waals surface area (Å²) in [7, 11) is 0. The molecule has 0 spiro atoms. The Labute approximate surface area is 198 Å². The van der Waals surface area contributed by atoms with Crippen LogP contribution >= 0.6 is 0 Å². The molecule has 1 aliphatic carbocycles. The van der Waals surface area contributed by atoms with E-state index >= 15 is 0 Å². The van der Waals surface area contributed by atoms with E-state index in [4.69, 9.17) is 9.84 Å². The molecular weight excluding hydrogens is 414 g/mol. The predicted octanol–water partition coefficient (Wildman–Crippen LogP) is 4.62. The Morgan fingerprint density at radius 2 is 1.82 bits per heavy atom. The minimum atomic E-state index is -0.802. The number of hydrogen-bond acceptors (Lipinski definition) is 4. The van der Waals surface area contributed by atoms with Crippen LogP contribution in [0.3, 0.4) is 0 Å². The van der Waals surface area contributed by atoms with Crippen molar-refractivity contribution in [1.82, 2.24) is 5.32 Å². The standard InChI is InChI=1S/C28H39NO4/c1-19-8-7-11-26(25(19)12-13-27(31)32)20(2)33-18-24(30)17-29-28(3,4)16-21-14-22-9-5-6-10-23(22)15-21/h5-11,20-21,24,29-30H,12-18H2,1-4H3,(H,31,32)/t20-,24?/m1/s1. The van der Waals surface area contributed by atoms with Crippen LogP contribution in [0.2, 0.25) is 0 Å². The van der Waals surface area contributed by atoms with E-state index in [0.29, 0.717) is 18.9 Å². The number of aliphatic hydroxyl groups excluding tert-OH is 1. The minimum Gasteiger partial charge on any atom is -0.481 e. The number of aliphatic carboxylic acids is 1. The molecule has 0 aliphatic heterocycles. The van der Waals surface area contributed by atoms with Crippen LogP contribution in [-0.2, 0) is 28.8 Å². The monoisotopic (exact) mass is 453 g/mol. The zero-order valence-electron chi connectivity index (χ0n) is 20.4. The summed E-state index contributed by atoms with van der Waals surface area (Å²) >= 11 is 0. The largest absolute Gasteiger partial charge is 0.481 e. The highest BCUT2D eigenvalue weighted by Gasteiger charge is 2.28. The molecule has 1 unspecified atom stereocenters. The van der Waals surface area contributed by atoms with E-state index in [-0.39, 0.29) is 24.7 Å². The highest BCUT2D eigenvalue weighted by molar-refractivity contribution is 5.67. The number of benzene rings is 2. The number of aliphatic hydroxyl groups is 1. The maximum Gasteiger partial charge on any atom is 0.303 e. The molecule has 1 aliphatic rings. The van der Waals surface area contributed by atoms with Crippen LogP contribution in [0.1, 0.15) is 67.5 Å². The van der Waals surface area contributed by atoms with Crippen molar-refractivity contribution in [1.29, 1.82) is 0 Å². The molecule has 3 rings (SSSR count). The number of aryl methyl sites for hydroxylation is 1. The van der Waals surface area contributed by atoms with Crippen LogP contribution < -0.4 is 5.32 Å². The van der Waals surface area contributed by atoms with Crippen molar-refractivity contribution >= 4 is 5.97 Å². The molecule has 180 valence electrons. The Morgan fingerprint density at radius 1 is 1.15 bits per heavy atom. The maximum atomic E-state index is 11.0. The van der Waals surface area contributed by atoms with Crippen molar-refractivity contribution in [2.24, 2.45) is 5.92 Å². The van der Waals surface area contributed by atoms with E-state index in [2.05, 4.69) is 43.4 Å². The number of fused-ring (bicyclic) bond motifs is 1. The van der Waals surface area contributed by atoms with Gasteiger partial charge < -0.3 is 20.3 Å². The molecule has 0 saturated heterocycles. The maximum absolute atomic E-state index is 11.0. The zero-order valence-corrected chi connectivity index (χ0v) is 20.4. The number of hydrogen-bond donors (Lipinski definition) is 3. The number of nitrogens with one attached hydrogen (secondary N) is 1. The fraction of sp³-hybridized carbons (Fsp3) is 0.536. The minimum absolute atomic E-state index is 0.0696. The lowest BCUT2D eigenvalue weighted by Gasteiger charge is -2.31. The predicted molar refractivity (Wildman–Crippen MR) is 132 cm³/mol. The van der Waals surface area contributed by atoms with Crippen LogP contribution in [0.25, 0.3) is 0 Å². The molecule has 0 saturated carbocycles. The molecule has 2 atom stereocenters. The third kappa shape index (κ3) is 7.39. The van der Waals surface area contributed by atoms with Crippen LogP contribution in [0.5, 0.6) is 0 Å². The van der Waals surface area contributed by atoms with Gasteiger partial charge in [0.2, 0.25) is 0 Å². The Morgan fingerprint density at radius 3 is 2.45 bits per heavy atom. The Balaban J connectivity index is 1.46. The normalized spacial score (nSPS) is 15.9. The number of carboxylic acid groups (broad SMARTS) is 1. The van der Waals surface area contributed by atoms with Crippen molar-refractivity contribution < 1.29 is 19.7 Å². The average Bonchev–Trinajstić information content (AvgIpc) is 3.16. The summed E-state index contributed by atoms with van der Waals surface area (Å²) in [5.41, 5.74) is 5.97. The molecule has 5 heteroatoms. The highest BCUT2D eigenvalue weighted by atomic mass is 16.5. The van der Waals surface area contributed by atoms with E-state index < -0.39 is 12.1 Å². The second-order valence-electron chi connectivity index (χ2n) is 10.2. The van der Waals surface area contributed by atoms with E-state index in [1.54, 1.807) is 0 Å². The average molecular weight is 454 g/mol. The summed E-state index contributed by atoms with van der Waals surface area (Å²) in [6, 6.07) is 14.7. The van der Waals surface area contributed by atoms with Gasteiger partial charge in [0.1, 0.15) is 0 Å². The Kier molecular flexibility index (Phi) is 8.69. The van der Waals surface area contributed by atoms with Crippen LogP contribution in [-0.4, -0.2) is 41.0 Å². The second kappa shape index (κ2) is 11.3. The van der Waals surface area contributed by atoms with Crippen molar-refractivity contribution in [2.75, 3.05) is 13.2 Å². The first kappa shape index (κ1) is 25.4. The molecule has 33 heavy (non-hydrogen) atoms. The van der Waals surface area contributed by atoms with Gasteiger partial charge in [-0.05, 0) is 87.1 Å². The number of carbonyl (C=O) groups is 1. The summed E-state index contributed by atoms with van der Waals surface area (Å²) in [5, 5.41) is 23.1. The van der Waals surface area contributed by atoms with Crippen molar-refractivity contribution in [2.45, 2.75) is 77.5 Å². The molecule has 0 bridgehead atoms.